The van der Waals surface area contributed by atoms with Gasteiger partial charge in [-0.25, -0.2) is 0 Å². The zero-order chi connectivity index (χ0) is 17.8. The van der Waals surface area contributed by atoms with Crippen molar-refractivity contribution in [3.63, 3.8) is 0 Å². The number of anilines is 3. The van der Waals surface area contributed by atoms with Crippen LogP contribution in [0.5, 0.6) is 0 Å². The number of nitrogens with zero attached hydrogens (tertiary/aromatic N) is 2. The Kier molecular flexibility index (Phi) is 5.33. The van der Waals surface area contributed by atoms with Gasteiger partial charge >= 0.3 is 0 Å². The van der Waals surface area contributed by atoms with Gasteiger partial charge in [-0.3, -0.25) is 4.98 Å². The minimum atomic E-state index is 0.475. The Hall–Kier alpha value is -2.41. The van der Waals surface area contributed by atoms with E-state index in [4.69, 9.17) is 28.9 Å². The molecule has 0 aliphatic carbocycles. The molecule has 0 aliphatic rings. The van der Waals surface area contributed by atoms with Gasteiger partial charge in [0.15, 0.2) is 0 Å². The molecule has 1 heterocycles. The molecule has 0 saturated carbocycles. The minimum absolute atomic E-state index is 0.475. The van der Waals surface area contributed by atoms with Crippen LogP contribution in [0, 0.1) is 11.8 Å². The largest absolute Gasteiger partial charge is 0.398 e. The number of aromatic nitrogens is 1. The molecule has 2 N–H and O–H groups in total. The fraction of sp³-hybridized carbons (Fsp3) is 0.150. The van der Waals surface area contributed by atoms with E-state index in [1.54, 1.807) is 12.3 Å². The summed E-state index contributed by atoms with van der Waals surface area (Å²) in [6.07, 6.45) is 2.49. The maximum absolute atomic E-state index is 6.43. The molecule has 3 nitrogen and oxygen atoms in total. The number of nitrogens with two attached hydrogens (primary N) is 1. The van der Waals surface area contributed by atoms with Crippen LogP contribution in [0.4, 0.5) is 17.1 Å². The SMILES string of the molecule is CCC#CCN(c1ccc2nccc(N)c2c1)c1c(Cl)cccc1Cl. The molecule has 0 aliphatic heterocycles. The monoisotopic (exact) mass is 369 g/mol. The van der Waals surface area contributed by atoms with Crippen LogP contribution in [0.15, 0.2) is 48.7 Å². The van der Waals surface area contributed by atoms with E-state index in [0.29, 0.717) is 22.3 Å². The molecule has 25 heavy (non-hydrogen) atoms. The summed E-state index contributed by atoms with van der Waals surface area (Å²) in [6, 6.07) is 13.2. The lowest BCUT2D eigenvalue weighted by molar-refractivity contribution is 1.12. The van der Waals surface area contributed by atoms with Gasteiger partial charge in [0.1, 0.15) is 0 Å². The normalized spacial score (nSPS) is 10.4. The standard InChI is InChI=1S/C20H17Cl2N3/c1-2-3-4-12-25(20-16(21)6-5-7-17(20)22)14-8-9-19-15(13-14)18(23)10-11-24-19/h5-11,13H,2,12H2,1H3,(H2,23,24). The van der Waals surface area contributed by atoms with Gasteiger partial charge in [-0.15, -0.1) is 5.92 Å². The fourth-order valence-electron chi connectivity index (χ4n) is 2.63. The summed E-state index contributed by atoms with van der Waals surface area (Å²) in [6.45, 7) is 2.49. The van der Waals surface area contributed by atoms with Crippen molar-refractivity contribution in [3.05, 3.63) is 58.7 Å². The first-order valence-corrected chi connectivity index (χ1v) is 8.69. The van der Waals surface area contributed by atoms with Gasteiger partial charge in [0, 0.05) is 29.4 Å². The number of para-hydroxylation sites is 1. The highest BCUT2D eigenvalue weighted by Crippen LogP contribution is 2.38. The zero-order valence-electron chi connectivity index (χ0n) is 13.8. The van der Waals surface area contributed by atoms with Crippen LogP contribution >= 0.6 is 23.2 Å². The lowest BCUT2D eigenvalue weighted by Crippen LogP contribution is -2.18. The van der Waals surface area contributed by atoms with Crippen molar-refractivity contribution in [2.45, 2.75) is 13.3 Å². The van der Waals surface area contributed by atoms with Gasteiger partial charge in [0.25, 0.3) is 0 Å². The van der Waals surface area contributed by atoms with Crippen molar-refractivity contribution in [3.8, 4) is 11.8 Å². The number of benzene rings is 2. The summed E-state index contributed by atoms with van der Waals surface area (Å²) in [5.74, 6) is 6.25. The Morgan fingerprint density at radius 1 is 1.08 bits per heavy atom. The number of halogens is 2. The van der Waals surface area contributed by atoms with Crippen molar-refractivity contribution in [2.24, 2.45) is 0 Å². The Morgan fingerprint density at radius 2 is 1.84 bits per heavy atom. The molecule has 5 heteroatoms. The van der Waals surface area contributed by atoms with Crippen molar-refractivity contribution >= 4 is 51.2 Å². The summed E-state index contributed by atoms with van der Waals surface area (Å²) in [5.41, 5.74) is 9.27. The third kappa shape index (κ3) is 3.66. The predicted octanol–water partition coefficient (Wildman–Crippen LogP) is 5.68. The molecule has 0 bridgehead atoms. The van der Waals surface area contributed by atoms with E-state index in [1.807, 2.05) is 48.2 Å². The van der Waals surface area contributed by atoms with Crippen molar-refractivity contribution in [2.75, 3.05) is 17.2 Å². The van der Waals surface area contributed by atoms with Crippen molar-refractivity contribution < 1.29 is 0 Å². The first kappa shape index (κ1) is 17.4. The van der Waals surface area contributed by atoms with E-state index in [9.17, 15) is 0 Å². The van der Waals surface area contributed by atoms with Gasteiger partial charge in [0.2, 0.25) is 0 Å². The lowest BCUT2D eigenvalue weighted by Gasteiger charge is -2.25. The second-order valence-corrected chi connectivity index (χ2v) is 6.28. The van der Waals surface area contributed by atoms with Crippen LogP contribution in [-0.4, -0.2) is 11.5 Å². The molecule has 1 aromatic heterocycles. The summed E-state index contributed by atoms with van der Waals surface area (Å²) < 4.78 is 0. The van der Waals surface area contributed by atoms with Crippen LogP contribution in [0.25, 0.3) is 10.9 Å². The van der Waals surface area contributed by atoms with Gasteiger partial charge in [0.05, 0.1) is 27.8 Å². The highest BCUT2D eigenvalue weighted by atomic mass is 35.5. The second kappa shape index (κ2) is 7.65. The molecule has 3 rings (SSSR count). The Balaban J connectivity index is 2.16. The number of pyridine rings is 1. The number of fused-ring (bicyclic) bond motifs is 1. The summed E-state index contributed by atoms with van der Waals surface area (Å²) in [4.78, 5) is 6.35. The Labute approximate surface area is 157 Å². The molecule has 0 atom stereocenters. The minimum Gasteiger partial charge on any atom is -0.398 e. The first-order chi connectivity index (χ1) is 12.1. The quantitative estimate of drug-likeness (QED) is 0.604. The van der Waals surface area contributed by atoms with Crippen LogP contribution < -0.4 is 10.6 Å². The highest BCUT2D eigenvalue weighted by Gasteiger charge is 2.16. The average Bonchev–Trinajstić information content (AvgIpc) is 2.60. The van der Waals surface area contributed by atoms with Crippen LogP contribution in [0.2, 0.25) is 10.0 Å². The topological polar surface area (TPSA) is 42.2 Å². The third-order valence-corrected chi connectivity index (χ3v) is 4.43. The fourth-order valence-corrected chi connectivity index (χ4v) is 3.23. The molecule has 0 unspecified atom stereocenters. The maximum atomic E-state index is 6.43. The van der Waals surface area contributed by atoms with Crippen LogP contribution in [0.3, 0.4) is 0 Å². The summed E-state index contributed by atoms with van der Waals surface area (Å²) >= 11 is 12.9. The summed E-state index contributed by atoms with van der Waals surface area (Å²) in [5, 5.41) is 2.03. The molecular weight excluding hydrogens is 353 g/mol. The molecule has 0 saturated heterocycles. The Morgan fingerprint density at radius 3 is 2.56 bits per heavy atom. The molecule has 0 spiro atoms. The molecule has 2 aromatic carbocycles. The van der Waals surface area contributed by atoms with E-state index in [-0.39, 0.29) is 0 Å². The zero-order valence-corrected chi connectivity index (χ0v) is 15.3. The highest BCUT2D eigenvalue weighted by molar-refractivity contribution is 6.39. The third-order valence-electron chi connectivity index (χ3n) is 3.82. The average molecular weight is 370 g/mol. The molecule has 0 amide bonds. The molecule has 3 aromatic rings. The van der Waals surface area contributed by atoms with E-state index < -0.39 is 0 Å². The molecule has 0 fully saturated rings. The Bertz CT molecular complexity index is 953. The molecular formula is C20H17Cl2N3. The summed E-state index contributed by atoms with van der Waals surface area (Å²) in [7, 11) is 0. The molecule has 0 radical (unpaired) electrons. The first-order valence-electron chi connectivity index (χ1n) is 7.93. The second-order valence-electron chi connectivity index (χ2n) is 5.47. The number of nitrogen functional groups attached to an aromatic ring is 1. The van der Waals surface area contributed by atoms with E-state index >= 15 is 0 Å². The molecule has 126 valence electrons. The number of hydrogen-bond acceptors (Lipinski definition) is 3. The number of rotatable bonds is 3. The lowest BCUT2D eigenvalue weighted by atomic mass is 10.1. The van der Waals surface area contributed by atoms with E-state index in [0.717, 1.165) is 28.7 Å². The van der Waals surface area contributed by atoms with E-state index in [1.165, 1.54) is 0 Å². The van der Waals surface area contributed by atoms with Gasteiger partial charge in [-0.1, -0.05) is 42.1 Å². The smallest absolute Gasteiger partial charge is 0.0844 e. The number of hydrogen-bond donors (Lipinski definition) is 1. The van der Waals surface area contributed by atoms with Gasteiger partial charge in [-0.05, 0) is 36.4 Å². The van der Waals surface area contributed by atoms with Crippen molar-refractivity contribution in [1.29, 1.82) is 0 Å². The van der Waals surface area contributed by atoms with E-state index in [2.05, 4.69) is 16.8 Å². The van der Waals surface area contributed by atoms with Crippen LogP contribution in [-0.2, 0) is 0 Å². The maximum Gasteiger partial charge on any atom is 0.0844 e. The van der Waals surface area contributed by atoms with Crippen LogP contribution in [0.1, 0.15) is 13.3 Å². The predicted molar refractivity (Wildman–Crippen MR) is 108 cm³/mol. The van der Waals surface area contributed by atoms with Gasteiger partial charge in [-0.2, -0.15) is 0 Å². The van der Waals surface area contributed by atoms with Gasteiger partial charge < -0.3 is 10.6 Å². The van der Waals surface area contributed by atoms with Crippen molar-refractivity contribution in [1.82, 2.24) is 4.98 Å².